The lowest BCUT2D eigenvalue weighted by Gasteiger charge is -2.23. The second-order valence-electron chi connectivity index (χ2n) is 5.64. The molecule has 1 heterocycles. The second-order valence-corrected chi connectivity index (χ2v) is 7.87. The fourth-order valence-corrected chi connectivity index (χ4v) is 4.69. The van der Waals surface area contributed by atoms with Gasteiger partial charge in [-0.1, -0.05) is 12.8 Å². The molecule has 19 heavy (non-hydrogen) atoms. The lowest BCUT2D eigenvalue weighted by molar-refractivity contribution is -0.151. The van der Waals surface area contributed by atoms with Crippen LogP contribution in [0.4, 0.5) is 0 Å². The van der Waals surface area contributed by atoms with Crippen LogP contribution in [0.1, 0.15) is 38.5 Å². The number of nitrogens with one attached hydrogen (secondary N) is 1. The van der Waals surface area contributed by atoms with E-state index in [4.69, 9.17) is 0 Å². The Labute approximate surface area is 112 Å². The van der Waals surface area contributed by atoms with E-state index in [1.807, 2.05) is 0 Å². The number of aliphatic carboxylic acids is 1. The van der Waals surface area contributed by atoms with Crippen LogP contribution >= 0.6 is 0 Å². The third-order valence-corrected chi connectivity index (χ3v) is 5.88. The van der Waals surface area contributed by atoms with Gasteiger partial charge in [0.1, 0.15) is 0 Å². The molecule has 108 valence electrons. The van der Waals surface area contributed by atoms with E-state index in [1.54, 1.807) is 0 Å². The zero-order chi connectivity index (χ0) is 14.1. The molecule has 0 spiro atoms. The average Bonchev–Trinajstić information content (AvgIpc) is 2.86. The number of carboxylic acids is 1. The summed E-state index contributed by atoms with van der Waals surface area (Å²) < 4.78 is 22.6. The van der Waals surface area contributed by atoms with E-state index in [9.17, 15) is 23.1 Å². The van der Waals surface area contributed by atoms with Crippen LogP contribution in [0, 0.1) is 5.41 Å². The van der Waals surface area contributed by atoms with Gasteiger partial charge in [0.15, 0.2) is 9.84 Å². The normalized spacial score (nSPS) is 28.1. The highest BCUT2D eigenvalue weighted by molar-refractivity contribution is 7.91. The Morgan fingerprint density at radius 2 is 1.89 bits per heavy atom. The summed E-state index contributed by atoms with van der Waals surface area (Å²) in [6, 6.07) is -0.357. The van der Waals surface area contributed by atoms with Gasteiger partial charge in [-0.05, 0) is 19.3 Å². The molecule has 0 unspecified atom stereocenters. The Morgan fingerprint density at radius 1 is 1.26 bits per heavy atom. The van der Waals surface area contributed by atoms with Crippen molar-refractivity contribution in [2.45, 2.75) is 44.6 Å². The summed E-state index contributed by atoms with van der Waals surface area (Å²) in [7, 11) is -3.03. The highest BCUT2D eigenvalue weighted by Crippen LogP contribution is 2.41. The molecule has 2 N–H and O–H groups in total. The van der Waals surface area contributed by atoms with Crippen LogP contribution in [0.2, 0.25) is 0 Å². The van der Waals surface area contributed by atoms with Crippen LogP contribution in [-0.4, -0.2) is 42.9 Å². The summed E-state index contributed by atoms with van der Waals surface area (Å²) in [4.78, 5) is 23.2. The predicted molar refractivity (Wildman–Crippen MR) is 68.4 cm³/mol. The van der Waals surface area contributed by atoms with Gasteiger partial charge in [0.2, 0.25) is 5.91 Å². The van der Waals surface area contributed by atoms with Gasteiger partial charge in [0.05, 0.1) is 16.9 Å². The first-order chi connectivity index (χ1) is 8.83. The molecule has 2 aliphatic rings. The first-order valence-electron chi connectivity index (χ1n) is 6.56. The quantitative estimate of drug-likeness (QED) is 0.776. The van der Waals surface area contributed by atoms with Gasteiger partial charge >= 0.3 is 5.97 Å². The van der Waals surface area contributed by atoms with E-state index >= 15 is 0 Å². The van der Waals surface area contributed by atoms with E-state index in [1.165, 1.54) is 0 Å². The number of sulfone groups is 1. The Morgan fingerprint density at radius 3 is 2.37 bits per heavy atom. The van der Waals surface area contributed by atoms with Gasteiger partial charge in [0, 0.05) is 12.5 Å². The molecule has 1 aliphatic carbocycles. The van der Waals surface area contributed by atoms with Gasteiger partial charge in [-0.3, -0.25) is 9.59 Å². The van der Waals surface area contributed by atoms with Crippen LogP contribution in [0.5, 0.6) is 0 Å². The summed E-state index contributed by atoms with van der Waals surface area (Å²) in [6.45, 7) is 0. The molecule has 7 heteroatoms. The van der Waals surface area contributed by atoms with Crippen molar-refractivity contribution in [3.63, 3.8) is 0 Å². The summed E-state index contributed by atoms with van der Waals surface area (Å²) in [5, 5.41) is 11.9. The van der Waals surface area contributed by atoms with Crippen molar-refractivity contribution in [1.29, 1.82) is 0 Å². The van der Waals surface area contributed by atoms with Crippen molar-refractivity contribution >= 4 is 21.7 Å². The third kappa shape index (κ3) is 3.26. The van der Waals surface area contributed by atoms with Gasteiger partial charge in [0.25, 0.3) is 0 Å². The summed E-state index contributed by atoms with van der Waals surface area (Å²) in [5.41, 5.74) is -0.943. The maximum atomic E-state index is 11.9. The summed E-state index contributed by atoms with van der Waals surface area (Å²) >= 11 is 0. The molecule has 1 amide bonds. The van der Waals surface area contributed by atoms with Crippen molar-refractivity contribution in [2.24, 2.45) is 5.41 Å². The molecule has 2 rings (SSSR count). The number of carbonyl (C=O) groups excluding carboxylic acids is 1. The zero-order valence-electron chi connectivity index (χ0n) is 10.7. The minimum Gasteiger partial charge on any atom is -0.481 e. The van der Waals surface area contributed by atoms with Gasteiger partial charge in [-0.25, -0.2) is 8.42 Å². The van der Waals surface area contributed by atoms with Crippen molar-refractivity contribution < 1.29 is 23.1 Å². The zero-order valence-corrected chi connectivity index (χ0v) is 11.5. The molecule has 1 aliphatic heterocycles. The summed E-state index contributed by atoms with van der Waals surface area (Å²) in [5.74, 6) is -1.19. The molecule has 0 aromatic carbocycles. The lowest BCUT2D eigenvalue weighted by atomic mass is 9.82. The first-order valence-corrected chi connectivity index (χ1v) is 8.38. The smallest absolute Gasteiger partial charge is 0.310 e. The highest BCUT2D eigenvalue weighted by Gasteiger charge is 2.43. The molecule has 1 atom stereocenters. The Kier molecular flexibility index (Phi) is 3.85. The summed E-state index contributed by atoms with van der Waals surface area (Å²) in [6.07, 6.45) is 3.10. The third-order valence-electron chi connectivity index (χ3n) is 4.11. The Hall–Kier alpha value is -1.11. The van der Waals surface area contributed by atoms with E-state index in [0.29, 0.717) is 19.3 Å². The van der Waals surface area contributed by atoms with E-state index in [-0.39, 0.29) is 29.9 Å². The first kappa shape index (κ1) is 14.3. The highest BCUT2D eigenvalue weighted by atomic mass is 32.2. The molecule has 6 nitrogen and oxygen atoms in total. The van der Waals surface area contributed by atoms with Crippen LogP contribution in [0.3, 0.4) is 0 Å². The predicted octanol–water partition coefficient (Wildman–Crippen LogP) is 0.325. The Bertz CT molecular complexity index is 478. The maximum absolute atomic E-state index is 11.9. The van der Waals surface area contributed by atoms with E-state index in [0.717, 1.165) is 12.8 Å². The SMILES string of the molecule is O=C(CC1(C(=O)O)CCCC1)N[C@H]1CCS(=O)(=O)C1. The minimum absolute atomic E-state index is 0.0290. The molecule has 1 saturated heterocycles. The van der Waals surface area contributed by atoms with E-state index in [2.05, 4.69) is 5.32 Å². The van der Waals surface area contributed by atoms with Crippen molar-refractivity contribution in [2.75, 3.05) is 11.5 Å². The number of hydrogen-bond donors (Lipinski definition) is 2. The molecular weight excluding hydrogens is 270 g/mol. The van der Waals surface area contributed by atoms with Crippen LogP contribution in [0.25, 0.3) is 0 Å². The molecule has 0 aromatic rings. The molecule has 0 bridgehead atoms. The molecule has 2 fully saturated rings. The monoisotopic (exact) mass is 289 g/mol. The molecule has 0 aromatic heterocycles. The fourth-order valence-electron chi connectivity index (χ4n) is 3.01. The number of amides is 1. The van der Waals surface area contributed by atoms with Crippen molar-refractivity contribution in [3.8, 4) is 0 Å². The lowest BCUT2D eigenvalue weighted by Crippen LogP contribution is -2.40. The second kappa shape index (κ2) is 5.11. The standard InChI is InChI=1S/C12H19NO5S/c14-10(13-9-3-6-19(17,18)8-9)7-12(11(15)16)4-1-2-5-12/h9H,1-8H2,(H,13,14)(H,15,16)/t9-/m0/s1. The average molecular weight is 289 g/mol. The van der Waals surface area contributed by atoms with Gasteiger partial charge in [-0.2, -0.15) is 0 Å². The number of hydrogen-bond acceptors (Lipinski definition) is 4. The van der Waals surface area contributed by atoms with Crippen LogP contribution < -0.4 is 5.32 Å². The van der Waals surface area contributed by atoms with Crippen LogP contribution in [0.15, 0.2) is 0 Å². The van der Waals surface area contributed by atoms with Crippen LogP contribution in [-0.2, 0) is 19.4 Å². The molecule has 0 radical (unpaired) electrons. The molecular formula is C12H19NO5S. The topological polar surface area (TPSA) is 101 Å². The minimum atomic E-state index is -3.03. The van der Waals surface area contributed by atoms with Gasteiger partial charge < -0.3 is 10.4 Å². The number of carbonyl (C=O) groups is 2. The van der Waals surface area contributed by atoms with Crippen molar-refractivity contribution in [1.82, 2.24) is 5.32 Å². The number of carboxylic acid groups (broad SMARTS) is 1. The fraction of sp³-hybridized carbons (Fsp3) is 0.833. The van der Waals surface area contributed by atoms with E-state index < -0.39 is 21.2 Å². The Balaban J connectivity index is 1.92. The maximum Gasteiger partial charge on any atom is 0.310 e. The van der Waals surface area contributed by atoms with Gasteiger partial charge in [-0.15, -0.1) is 0 Å². The number of rotatable bonds is 4. The van der Waals surface area contributed by atoms with Crippen molar-refractivity contribution in [3.05, 3.63) is 0 Å². The molecule has 1 saturated carbocycles. The largest absolute Gasteiger partial charge is 0.481 e.